The van der Waals surface area contributed by atoms with Gasteiger partial charge in [0.1, 0.15) is 0 Å². The van der Waals surface area contributed by atoms with Gasteiger partial charge >= 0.3 is 6.03 Å². The highest BCUT2D eigenvalue weighted by atomic mass is 35.5. The molecule has 5 N–H and O–H groups in total. The molecule has 1 saturated heterocycles. The maximum absolute atomic E-state index is 12.7. The summed E-state index contributed by atoms with van der Waals surface area (Å²) in [5, 5.41) is 22.6. The van der Waals surface area contributed by atoms with Gasteiger partial charge in [0.25, 0.3) is 0 Å². The van der Waals surface area contributed by atoms with Crippen LogP contribution in [0.2, 0.25) is 5.02 Å². The van der Waals surface area contributed by atoms with E-state index in [1.165, 1.54) is 0 Å². The van der Waals surface area contributed by atoms with Gasteiger partial charge in [0, 0.05) is 36.6 Å². The lowest BCUT2D eigenvalue weighted by atomic mass is 9.71. The zero-order valence-corrected chi connectivity index (χ0v) is 25.9. The summed E-state index contributed by atoms with van der Waals surface area (Å²) >= 11 is 6.04. The van der Waals surface area contributed by atoms with Gasteiger partial charge in [-0.25, -0.2) is 18.4 Å². The van der Waals surface area contributed by atoms with Crippen molar-refractivity contribution < 1.29 is 18.3 Å². The number of likely N-dealkylation sites (tertiary alicyclic amines) is 1. The lowest BCUT2D eigenvalue weighted by molar-refractivity contribution is -0.0262. The van der Waals surface area contributed by atoms with Crippen molar-refractivity contribution in [2.75, 3.05) is 38.5 Å². The normalized spacial score (nSPS) is 15.4. The molecule has 2 amide bonds. The van der Waals surface area contributed by atoms with Crippen molar-refractivity contribution in [3.8, 4) is 0 Å². The number of piperidine rings is 1. The first-order valence-electron chi connectivity index (χ1n) is 13.9. The van der Waals surface area contributed by atoms with E-state index in [1.54, 1.807) is 0 Å². The molecule has 0 spiro atoms. The van der Waals surface area contributed by atoms with E-state index >= 15 is 0 Å². The number of urea groups is 1. The van der Waals surface area contributed by atoms with E-state index in [-0.39, 0.29) is 24.7 Å². The Morgan fingerprint density at radius 3 is 2.00 bits per heavy atom. The zero-order chi connectivity index (χ0) is 29.3. The average Bonchev–Trinajstić information content (AvgIpc) is 2.96. The number of aliphatic hydroxyl groups is 1. The predicted octanol–water partition coefficient (Wildman–Crippen LogP) is 4.40. The molecule has 3 aromatic rings. The van der Waals surface area contributed by atoms with Crippen LogP contribution in [0.3, 0.4) is 0 Å². The second-order valence-corrected chi connectivity index (χ2v) is 12.9. The van der Waals surface area contributed by atoms with Crippen LogP contribution in [0.1, 0.15) is 42.4 Å². The smallest absolute Gasteiger partial charge is 0.314 e. The van der Waals surface area contributed by atoms with Crippen molar-refractivity contribution >= 4 is 40.1 Å². The Morgan fingerprint density at radius 2 is 1.48 bits per heavy atom. The molecule has 4 rings (SSSR count). The molecule has 3 aromatic carbocycles. The number of halogens is 2. The summed E-state index contributed by atoms with van der Waals surface area (Å²) in [6, 6.07) is 27.3. The van der Waals surface area contributed by atoms with Crippen LogP contribution in [0.4, 0.5) is 4.79 Å². The average molecular weight is 636 g/mol. The number of rotatable bonds is 12. The van der Waals surface area contributed by atoms with Gasteiger partial charge in [-0.2, -0.15) is 0 Å². The van der Waals surface area contributed by atoms with Crippen LogP contribution in [0, 0.1) is 0 Å². The minimum Gasteiger partial charge on any atom is -0.385 e. The molecule has 1 aliphatic rings. The third kappa shape index (κ3) is 9.17. The van der Waals surface area contributed by atoms with Crippen LogP contribution in [0.25, 0.3) is 0 Å². The SMILES string of the molecule is Cl.NS(=O)(=O)CCNC(=O)NCC(CCCN1CCC(O)(c2ccc(Cl)cc2)CC1)(c1ccccc1)c1ccccc1. The van der Waals surface area contributed by atoms with Gasteiger partial charge in [-0.05, 0) is 61.1 Å². The Kier molecular flexibility index (Phi) is 12.2. The number of benzene rings is 3. The van der Waals surface area contributed by atoms with Crippen molar-refractivity contribution in [1.29, 1.82) is 0 Å². The van der Waals surface area contributed by atoms with Gasteiger partial charge in [-0.15, -0.1) is 12.4 Å². The van der Waals surface area contributed by atoms with Crippen LogP contribution in [0.15, 0.2) is 84.9 Å². The first-order valence-corrected chi connectivity index (χ1v) is 16.0. The molecular weight excluding hydrogens is 595 g/mol. The van der Waals surface area contributed by atoms with Crippen molar-refractivity contribution in [3.05, 3.63) is 107 Å². The largest absolute Gasteiger partial charge is 0.385 e. The monoisotopic (exact) mass is 634 g/mol. The number of hydrogen-bond acceptors (Lipinski definition) is 5. The van der Waals surface area contributed by atoms with Gasteiger partial charge in [-0.3, -0.25) is 0 Å². The fourth-order valence-electron chi connectivity index (χ4n) is 5.66. The maximum Gasteiger partial charge on any atom is 0.314 e. The fraction of sp³-hybridized carbons (Fsp3) is 0.387. The Labute approximate surface area is 260 Å². The van der Waals surface area contributed by atoms with E-state index in [0.717, 1.165) is 49.2 Å². The molecule has 0 bridgehead atoms. The van der Waals surface area contributed by atoms with Crippen molar-refractivity contribution in [2.45, 2.75) is 36.7 Å². The fourth-order valence-corrected chi connectivity index (χ4v) is 6.18. The Balaban J connectivity index is 0.00000484. The molecule has 228 valence electrons. The lowest BCUT2D eigenvalue weighted by Gasteiger charge is -2.40. The first kappa shape index (κ1) is 33.8. The van der Waals surface area contributed by atoms with Crippen LogP contribution in [-0.2, 0) is 21.0 Å². The van der Waals surface area contributed by atoms with Crippen molar-refractivity contribution in [2.24, 2.45) is 5.14 Å². The number of primary sulfonamides is 1. The van der Waals surface area contributed by atoms with Crippen LogP contribution in [0.5, 0.6) is 0 Å². The molecule has 0 radical (unpaired) electrons. The van der Waals surface area contributed by atoms with E-state index in [9.17, 15) is 18.3 Å². The molecule has 1 heterocycles. The molecule has 8 nitrogen and oxygen atoms in total. The number of hydrogen-bond donors (Lipinski definition) is 4. The highest BCUT2D eigenvalue weighted by molar-refractivity contribution is 7.89. The maximum atomic E-state index is 12.7. The first-order chi connectivity index (χ1) is 19.6. The molecule has 11 heteroatoms. The van der Waals surface area contributed by atoms with Gasteiger partial charge in [0.05, 0.1) is 11.4 Å². The van der Waals surface area contributed by atoms with Gasteiger partial charge in [-0.1, -0.05) is 84.4 Å². The van der Waals surface area contributed by atoms with Crippen LogP contribution < -0.4 is 15.8 Å². The van der Waals surface area contributed by atoms with E-state index < -0.39 is 27.1 Å². The second-order valence-electron chi connectivity index (χ2n) is 10.8. The molecule has 42 heavy (non-hydrogen) atoms. The third-order valence-corrected chi connectivity index (χ3v) is 9.04. The predicted molar refractivity (Wildman–Crippen MR) is 171 cm³/mol. The third-order valence-electron chi connectivity index (χ3n) is 8.02. The molecule has 1 fully saturated rings. The van der Waals surface area contributed by atoms with Crippen LogP contribution in [-0.4, -0.2) is 62.9 Å². The summed E-state index contributed by atoms with van der Waals surface area (Å²) in [4.78, 5) is 15.0. The highest BCUT2D eigenvalue weighted by Gasteiger charge is 2.36. The van der Waals surface area contributed by atoms with E-state index in [0.29, 0.717) is 24.4 Å². The lowest BCUT2D eigenvalue weighted by Crippen LogP contribution is -2.47. The number of amides is 2. The van der Waals surface area contributed by atoms with Crippen molar-refractivity contribution in [3.63, 3.8) is 0 Å². The molecule has 0 aliphatic carbocycles. The number of carbonyl (C=O) groups excluding carboxylic acids is 1. The highest BCUT2D eigenvalue weighted by Crippen LogP contribution is 2.38. The molecule has 1 aliphatic heterocycles. The van der Waals surface area contributed by atoms with Gasteiger partial charge in [0.2, 0.25) is 10.0 Å². The minimum atomic E-state index is -3.66. The summed E-state index contributed by atoms with van der Waals surface area (Å²) in [6.07, 6.45) is 2.95. The number of nitrogens with two attached hydrogens (primary N) is 1. The van der Waals surface area contributed by atoms with Crippen LogP contribution >= 0.6 is 24.0 Å². The number of nitrogens with zero attached hydrogens (tertiary/aromatic N) is 1. The number of nitrogens with one attached hydrogen (secondary N) is 2. The Hall–Kier alpha value is -2.66. The van der Waals surface area contributed by atoms with Gasteiger partial charge < -0.3 is 20.6 Å². The number of sulfonamides is 1. The zero-order valence-electron chi connectivity index (χ0n) is 23.5. The standard InChI is InChI=1S/C31H39ClN4O4S.ClH/c32-28-14-12-27(13-15-28)31(38)17-21-36(22-18-31)20-7-16-30(25-8-3-1-4-9-25,26-10-5-2-6-11-26)24-35-29(37)34-19-23-41(33,39)40;/h1-6,8-15,38H,7,16-24H2,(H2,33,39,40)(H2,34,35,37);1H. The molecule has 0 saturated carbocycles. The summed E-state index contributed by atoms with van der Waals surface area (Å²) < 4.78 is 22.5. The second kappa shape index (κ2) is 15.2. The minimum absolute atomic E-state index is 0. The molecule has 0 unspecified atom stereocenters. The Bertz CT molecular complexity index is 1330. The molecule has 0 atom stereocenters. The van der Waals surface area contributed by atoms with Crippen molar-refractivity contribution in [1.82, 2.24) is 15.5 Å². The summed E-state index contributed by atoms with van der Waals surface area (Å²) in [7, 11) is -3.66. The summed E-state index contributed by atoms with van der Waals surface area (Å²) in [6.45, 7) is 2.70. The molecule has 0 aromatic heterocycles. The summed E-state index contributed by atoms with van der Waals surface area (Å²) in [5.74, 6) is -0.327. The van der Waals surface area contributed by atoms with Gasteiger partial charge in [0.15, 0.2) is 0 Å². The van der Waals surface area contributed by atoms with E-state index in [1.807, 2.05) is 60.7 Å². The van der Waals surface area contributed by atoms with E-state index in [2.05, 4.69) is 39.8 Å². The van der Waals surface area contributed by atoms with E-state index in [4.69, 9.17) is 16.7 Å². The summed E-state index contributed by atoms with van der Waals surface area (Å²) in [5.41, 5.74) is 1.74. The molecular formula is C31H40Cl2N4O4S. The Morgan fingerprint density at radius 1 is 0.929 bits per heavy atom. The topological polar surface area (TPSA) is 125 Å². The number of carbonyl (C=O) groups is 1. The quantitative estimate of drug-likeness (QED) is 0.235.